The lowest BCUT2D eigenvalue weighted by molar-refractivity contribution is -0.148. The molecule has 0 spiro atoms. The summed E-state index contributed by atoms with van der Waals surface area (Å²) in [7, 11) is 1.58. The number of hydrogen-bond donors (Lipinski definition) is 1. The number of carboxylic acids is 1. The number of rotatable bonds is 7. The molecule has 0 fully saturated rings. The van der Waals surface area contributed by atoms with Gasteiger partial charge in [0, 0.05) is 12.5 Å². The second-order valence-electron chi connectivity index (χ2n) is 6.17. The number of methoxy groups -OCH3 is 1. The Labute approximate surface area is 136 Å². The number of esters is 1. The summed E-state index contributed by atoms with van der Waals surface area (Å²) < 4.78 is 10.4. The van der Waals surface area contributed by atoms with Crippen molar-refractivity contribution in [3.8, 4) is 5.75 Å². The van der Waals surface area contributed by atoms with E-state index in [1.54, 1.807) is 19.3 Å². The van der Waals surface area contributed by atoms with Gasteiger partial charge in [0.25, 0.3) is 0 Å². The predicted molar refractivity (Wildman–Crippen MR) is 87.6 cm³/mol. The van der Waals surface area contributed by atoms with E-state index in [1.807, 2.05) is 32.9 Å². The molecule has 0 atom stereocenters. The Morgan fingerprint density at radius 3 is 2.48 bits per heavy atom. The molecule has 126 valence electrons. The number of aliphatic carboxylic acids is 1. The smallest absolute Gasteiger partial charge is 0.330 e. The van der Waals surface area contributed by atoms with Crippen LogP contribution in [0.15, 0.2) is 30.4 Å². The van der Waals surface area contributed by atoms with E-state index < -0.39 is 17.5 Å². The maximum atomic E-state index is 11.7. The number of allylic oxidation sites excluding steroid dienone is 1. The van der Waals surface area contributed by atoms with Crippen LogP contribution in [0.25, 0.3) is 0 Å². The fourth-order valence-electron chi connectivity index (χ4n) is 2.02. The van der Waals surface area contributed by atoms with Gasteiger partial charge in [0.05, 0.1) is 7.11 Å². The van der Waals surface area contributed by atoms with E-state index in [4.69, 9.17) is 14.6 Å². The van der Waals surface area contributed by atoms with Crippen LogP contribution in [0.4, 0.5) is 0 Å². The summed E-state index contributed by atoms with van der Waals surface area (Å²) in [4.78, 5) is 22.4. The molecule has 0 aliphatic rings. The monoisotopic (exact) mass is 320 g/mol. The van der Waals surface area contributed by atoms with E-state index in [-0.39, 0.29) is 6.42 Å². The van der Waals surface area contributed by atoms with Crippen molar-refractivity contribution in [2.24, 2.45) is 0 Å². The molecular weight excluding hydrogens is 296 g/mol. The molecule has 0 saturated heterocycles. The molecule has 0 saturated carbocycles. The summed E-state index contributed by atoms with van der Waals surface area (Å²) in [5.74, 6) is -0.534. The zero-order valence-electron chi connectivity index (χ0n) is 14.1. The van der Waals surface area contributed by atoms with Crippen LogP contribution in [0, 0.1) is 0 Å². The van der Waals surface area contributed by atoms with Crippen LogP contribution in [0.5, 0.6) is 5.75 Å². The van der Waals surface area contributed by atoms with Gasteiger partial charge in [0.2, 0.25) is 0 Å². The van der Waals surface area contributed by atoms with Gasteiger partial charge in [-0.25, -0.2) is 4.79 Å². The summed E-state index contributed by atoms with van der Waals surface area (Å²) in [5, 5.41) is 8.82. The van der Waals surface area contributed by atoms with Gasteiger partial charge in [-0.3, -0.25) is 4.79 Å². The Bertz CT molecular complexity index is 582. The molecule has 0 amide bonds. The quantitative estimate of drug-likeness (QED) is 0.617. The zero-order chi connectivity index (χ0) is 17.5. The van der Waals surface area contributed by atoms with Gasteiger partial charge in [-0.1, -0.05) is 12.1 Å². The average molecular weight is 320 g/mol. The number of hydrogen-bond acceptors (Lipinski definition) is 4. The Kier molecular flexibility index (Phi) is 6.82. The molecule has 0 aliphatic carbocycles. The molecule has 1 aromatic carbocycles. The van der Waals surface area contributed by atoms with Crippen LogP contribution >= 0.6 is 0 Å². The minimum Gasteiger partial charge on any atom is -0.497 e. The molecule has 1 rings (SSSR count). The van der Waals surface area contributed by atoms with Crippen molar-refractivity contribution >= 4 is 11.9 Å². The van der Waals surface area contributed by atoms with Crippen LogP contribution in [0.3, 0.4) is 0 Å². The molecule has 1 N–H and O–H groups in total. The molecule has 0 aliphatic heterocycles. The van der Waals surface area contributed by atoms with Crippen molar-refractivity contribution in [2.75, 3.05) is 7.11 Å². The average Bonchev–Trinajstić information content (AvgIpc) is 2.43. The normalized spacial score (nSPS) is 11.5. The predicted octanol–water partition coefficient (Wildman–Crippen LogP) is 3.15. The molecule has 5 nitrogen and oxygen atoms in total. The Morgan fingerprint density at radius 2 is 1.91 bits per heavy atom. The van der Waals surface area contributed by atoms with Gasteiger partial charge in [-0.05, 0) is 56.9 Å². The molecule has 5 heteroatoms. The zero-order valence-corrected chi connectivity index (χ0v) is 14.1. The molecule has 0 radical (unpaired) electrons. The molecular formula is C18H24O5. The molecule has 0 heterocycles. The van der Waals surface area contributed by atoms with E-state index in [0.717, 1.165) is 11.1 Å². The Morgan fingerprint density at radius 1 is 1.22 bits per heavy atom. The van der Waals surface area contributed by atoms with E-state index in [9.17, 15) is 9.59 Å². The van der Waals surface area contributed by atoms with Crippen LogP contribution in [-0.2, 0) is 27.2 Å². The highest BCUT2D eigenvalue weighted by Crippen LogP contribution is 2.20. The third-order valence-electron chi connectivity index (χ3n) is 3.02. The van der Waals surface area contributed by atoms with Crippen LogP contribution in [-0.4, -0.2) is 29.8 Å². The molecule has 0 unspecified atom stereocenters. The van der Waals surface area contributed by atoms with Crippen molar-refractivity contribution in [3.05, 3.63) is 41.5 Å². The van der Waals surface area contributed by atoms with Crippen LogP contribution < -0.4 is 4.74 Å². The molecule has 0 bridgehead atoms. The van der Waals surface area contributed by atoms with Crippen LogP contribution in [0.1, 0.15) is 38.3 Å². The molecule has 23 heavy (non-hydrogen) atoms. The van der Waals surface area contributed by atoms with Crippen molar-refractivity contribution in [1.29, 1.82) is 0 Å². The van der Waals surface area contributed by atoms with E-state index >= 15 is 0 Å². The van der Waals surface area contributed by atoms with E-state index in [1.165, 1.54) is 6.08 Å². The highest BCUT2D eigenvalue weighted by Gasteiger charge is 2.14. The highest BCUT2D eigenvalue weighted by atomic mass is 16.6. The lowest BCUT2D eigenvalue weighted by Crippen LogP contribution is -2.22. The second kappa shape index (κ2) is 8.36. The lowest BCUT2D eigenvalue weighted by Gasteiger charge is -2.17. The van der Waals surface area contributed by atoms with Crippen molar-refractivity contribution < 1.29 is 24.2 Å². The summed E-state index contributed by atoms with van der Waals surface area (Å²) in [5.41, 5.74) is 1.34. The fourth-order valence-corrected chi connectivity index (χ4v) is 2.02. The first-order valence-corrected chi connectivity index (χ1v) is 7.48. The Balaban J connectivity index is 2.80. The number of carbonyl (C=O) groups excluding carboxylic acids is 1. The first kappa shape index (κ1) is 18.7. The van der Waals surface area contributed by atoms with Gasteiger partial charge in [0.1, 0.15) is 11.4 Å². The van der Waals surface area contributed by atoms with Crippen molar-refractivity contribution in [2.45, 2.75) is 45.6 Å². The Hall–Kier alpha value is -2.30. The van der Waals surface area contributed by atoms with E-state index in [0.29, 0.717) is 18.6 Å². The summed E-state index contributed by atoms with van der Waals surface area (Å²) in [6.07, 6.45) is 4.12. The first-order chi connectivity index (χ1) is 10.7. The summed E-state index contributed by atoms with van der Waals surface area (Å²) in [6, 6.07) is 5.52. The minimum atomic E-state index is -0.837. The summed E-state index contributed by atoms with van der Waals surface area (Å²) >= 11 is 0. The topological polar surface area (TPSA) is 72.8 Å². The number of carboxylic acid groups (broad SMARTS) is 1. The van der Waals surface area contributed by atoms with Crippen molar-refractivity contribution in [3.63, 3.8) is 0 Å². The number of aryl methyl sites for hydroxylation is 1. The fraction of sp³-hybridized carbons (Fsp3) is 0.444. The minimum absolute atomic E-state index is 0.0646. The third-order valence-corrected chi connectivity index (χ3v) is 3.02. The number of benzene rings is 1. The first-order valence-electron chi connectivity index (χ1n) is 7.48. The van der Waals surface area contributed by atoms with Gasteiger partial charge in [-0.15, -0.1) is 0 Å². The molecule has 0 aromatic heterocycles. The van der Waals surface area contributed by atoms with Gasteiger partial charge >= 0.3 is 11.9 Å². The van der Waals surface area contributed by atoms with Crippen LogP contribution in [0.2, 0.25) is 0 Å². The standard InChI is InChI=1S/C18H24O5/c1-18(2,3)23-17(21)7-5-6-14-12-15(22-4)10-8-13(14)9-11-16(19)20/h5,7-8,10,12H,6,9,11H2,1-4H3,(H,19,20). The van der Waals surface area contributed by atoms with E-state index in [2.05, 4.69) is 0 Å². The maximum absolute atomic E-state index is 11.7. The highest BCUT2D eigenvalue weighted by molar-refractivity contribution is 5.82. The number of carbonyl (C=O) groups is 2. The summed E-state index contributed by atoms with van der Waals surface area (Å²) in [6.45, 7) is 5.43. The second-order valence-corrected chi connectivity index (χ2v) is 6.17. The van der Waals surface area contributed by atoms with Gasteiger partial charge in [0.15, 0.2) is 0 Å². The largest absolute Gasteiger partial charge is 0.497 e. The SMILES string of the molecule is COc1ccc(CCC(=O)O)c(CC=CC(=O)OC(C)(C)C)c1. The lowest BCUT2D eigenvalue weighted by atomic mass is 10.00. The third kappa shape index (κ3) is 7.49. The van der Waals surface area contributed by atoms with Crippen molar-refractivity contribution in [1.82, 2.24) is 0 Å². The van der Waals surface area contributed by atoms with Gasteiger partial charge < -0.3 is 14.6 Å². The number of ether oxygens (including phenoxy) is 2. The molecule has 1 aromatic rings. The van der Waals surface area contributed by atoms with Gasteiger partial charge in [-0.2, -0.15) is 0 Å². The maximum Gasteiger partial charge on any atom is 0.330 e.